The molecule has 1 aromatic carbocycles. The van der Waals surface area contributed by atoms with E-state index in [0.29, 0.717) is 25.0 Å². The zero-order chi connectivity index (χ0) is 22.1. The first-order chi connectivity index (χ1) is 14.3. The van der Waals surface area contributed by atoms with Gasteiger partial charge >= 0.3 is 5.97 Å². The average Bonchev–Trinajstić information content (AvgIpc) is 2.99. The van der Waals surface area contributed by atoms with Crippen molar-refractivity contribution in [3.63, 3.8) is 0 Å². The van der Waals surface area contributed by atoms with Gasteiger partial charge in [-0.2, -0.15) is 0 Å². The van der Waals surface area contributed by atoms with Gasteiger partial charge in [-0.05, 0) is 30.9 Å². The Balaban J connectivity index is 1.90. The molecular weight excluding hydrogens is 389 g/mol. The third kappa shape index (κ3) is 6.97. The molecule has 30 heavy (non-hydrogen) atoms. The number of carbonyl (C=O) groups is 3. The Morgan fingerprint density at radius 2 is 2.03 bits per heavy atom. The molecule has 1 saturated carbocycles. The number of ketones is 2. The molecule has 1 aliphatic rings. The van der Waals surface area contributed by atoms with Crippen LogP contribution in [0.2, 0.25) is 0 Å². The number of unbranched alkanes of at least 4 members (excludes halogenated alkanes) is 2. The number of hydrogen-bond acceptors (Lipinski definition) is 6. The van der Waals surface area contributed by atoms with Gasteiger partial charge in [-0.25, -0.2) is 4.39 Å². The van der Waals surface area contributed by atoms with Crippen LogP contribution in [0.3, 0.4) is 0 Å². The molecule has 0 aliphatic heterocycles. The van der Waals surface area contributed by atoms with E-state index in [0.717, 1.165) is 19.3 Å². The molecule has 0 bridgehead atoms. The van der Waals surface area contributed by atoms with Crippen LogP contribution in [0.5, 0.6) is 5.75 Å². The first-order valence-electron chi connectivity index (χ1n) is 10.3. The lowest BCUT2D eigenvalue weighted by Crippen LogP contribution is -2.25. The van der Waals surface area contributed by atoms with Crippen LogP contribution in [-0.4, -0.2) is 31.3 Å². The molecule has 0 amide bonds. The van der Waals surface area contributed by atoms with Crippen LogP contribution >= 0.6 is 0 Å². The fourth-order valence-electron chi connectivity index (χ4n) is 4.04. The number of methoxy groups -OCH3 is 1. The Hall–Kier alpha value is -2.70. The second-order valence-electron chi connectivity index (χ2n) is 7.81. The second-order valence-corrected chi connectivity index (χ2v) is 7.81. The SMILES string of the molecule is COC(=O)CCCCC[C@H]1C(=O)C[C@@H](C)[C@@H]1/C(N)=C/C(=O)COc1cccc(F)c1. The highest BCUT2D eigenvalue weighted by molar-refractivity contribution is 5.92. The van der Waals surface area contributed by atoms with Crippen molar-refractivity contribution in [1.82, 2.24) is 0 Å². The van der Waals surface area contributed by atoms with E-state index in [9.17, 15) is 18.8 Å². The van der Waals surface area contributed by atoms with Crippen molar-refractivity contribution in [2.75, 3.05) is 13.7 Å². The summed E-state index contributed by atoms with van der Waals surface area (Å²) in [6, 6.07) is 5.56. The molecule has 6 nitrogen and oxygen atoms in total. The van der Waals surface area contributed by atoms with Gasteiger partial charge in [-0.3, -0.25) is 14.4 Å². The summed E-state index contributed by atoms with van der Waals surface area (Å²) in [5.74, 6) is -0.911. The van der Waals surface area contributed by atoms with Gasteiger partial charge in [0.15, 0.2) is 12.4 Å². The lowest BCUT2D eigenvalue weighted by Gasteiger charge is -2.22. The zero-order valence-electron chi connectivity index (χ0n) is 17.6. The average molecular weight is 419 g/mol. The third-order valence-corrected chi connectivity index (χ3v) is 5.50. The number of benzene rings is 1. The Bertz CT molecular complexity index is 792. The highest BCUT2D eigenvalue weighted by Gasteiger charge is 2.40. The van der Waals surface area contributed by atoms with Crippen molar-refractivity contribution in [1.29, 1.82) is 0 Å². The summed E-state index contributed by atoms with van der Waals surface area (Å²) >= 11 is 0. The second kappa shape index (κ2) is 11.5. The van der Waals surface area contributed by atoms with E-state index in [1.54, 1.807) is 6.07 Å². The predicted octanol–water partition coefficient (Wildman–Crippen LogP) is 3.58. The minimum Gasteiger partial charge on any atom is -0.485 e. The topological polar surface area (TPSA) is 95.7 Å². The van der Waals surface area contributed by atoms with Gasteiger partial charge in [-0.1, -0.05) is 25.8 Å². The summed E-state index contributed by atoms with van der Waals surface area (Å²) < 4.78 is 23.1. The van der Waals surface area contributed by atoms with Crippen molar-refractivity contribution >= 4 is 17.5 Å². The molecule has 1 aliphatic carbocycles. The lowest BCUT2D eigenvalue weighted by atomic mass is 9.84. The van der Waals surface area contributed by atoms with Gasteiger partial charge in [0, 0.05) is 42.5 Å². The first-order valence-corrected chi connectivity index (χ1v) is 10.3. The van der Waals surface area contributed by atoms with Crippen LogP contribution in [0.25, 0.3) is 0 Å². The molecule has 2 N–H and O–H groups in total. The highest BCUT2D eigenvalue weighted by Crippen LogP contribution is 2.40. The van der Waals surface area contributed by atoms with E-state index in [1.807, 2.05) is 6.92 Å². The molecular formula is C23H30FNO5. The van der Waals surface area contributed by atoms with Crippen LogP contribution in [-0.2, 0) is 19.1 Å². The van der Waals surface area contributed by atoms with Gasteiger partial charge in [0.25, 0.3) is 0 Å². The van der Waals surface area contributed by atoms with E-state index in [4.69, 9.17) is 10.5 Å². The maximum atomic E-state index is 13.2. The van der Waals surface area contributed by atoms with Gasteiger partial charge in [0.05, 0.1) is 7.11 Å². The Kier molecular flexibility index (Phi) is 9.02. The van der Waals surface area contributed by atoms with Crippen molar-refractivity contribution < 1.29 is 28.2 Å². The van der Waals surface area contributed by atoms with Gasteiger partial charge < -0.3 is 15.2 Å². The van der Waals surface area contributed by atoms with Crippen LogP contribution in [0.15, 0.2) is 36.0 Å². The van der Waals surface area contributed by atoms with Gasteiger partial charge in [-0.15, -0.1) is 0 Å². The predicted molar refractivity (Wildman–Crippen MR) is 110 cm³/mol. The number of rotatable bonds is 11. The quantitative estimate of drug-likeness (QED) is 0.335. The van der Waals surface area contributed by atoms with Crippen molar-refractivity contribution in [3.05, 3.63) is 41.9 Å². The number of esters is 1. The molecule has 0 unspecified atom stereocenters. The Labute approximate surface area is 176 Å². The Morgan fingerprint density at radius 1 is 1.27 bits per heavy atom. The van der Waals surface area contributed by atoms with E-state index in [2.05, 4.69) is 4.74 Å². The number of carbonyl (C=O) groups excluding carboxylic acids is 3. The molecule has 0 spiro atoms. The monoisotopic (exact) mass is 419 g/mol. The van der Waals surface area contributed by atoms with Crippen molar-refractivity contribution in [2.45, 2.75) is 45.4 Å². The molecule has 0 saturated heterocycles. The number of nitrogens with two attached hydrogens (primary N) is 1. The molecule has 2 rings (SSSR count). The highest BCUT2D eigenvalue weighted by atomic mass is 19.1. The van der Waals surface area contributed by atoms with Crippen LogP contribution in [0.4, 0.5) is 4.39 Å². The molecule has 164 valence electrons. The van der Waals surface area contributed by atoms with Crippen molar-refractivity contribution in [3.8, 4) is 5.75 Å². The minimum absolute atomic E-state index is 0.0609. The fraction of sp³-hybridized carbons (Fsp3) is 0.522. The van der Waals surface area contributed by atoms with Crippen LogP contribution < -0.4 is 10.5 Å². The number of ether oxygens (including phenoxy) is 2. The normalized spacial score (nSPS) is 21.5. The summed E-state index contributed by atoms with van der Waals surface area (Å²) in [5.41, 5.74) is 6.61. The molecule has 1 aromatic rings. The molecule has 0 heterocycles. The Morgan fingerprint density at radius 3 is 2.73 bits per heavy atom. The van der Waals surface area contributed by atoms with E-state index in [-0.39, 0.29) is 47.6 Å². The van der Waals surface area contributed by atoms with Crippen LogP contribution in [0.1, 0.15) is 45.4 Å². The van der Waals surface area contributed by atoms with E-state index in [1.165, 1.54) is 31.4 Å². The molecule has 7 heteroatoms. The summed E-state index contributed by atoms with van der Waals surface area (Å²) in [4.78, 5) is 35.9. The van der Waals surface area contributed by atoms with Crippen LogP contribution in [0, 0.1) is 23.6 Å². The maximum Gasteiger partial charge on any atom is 0.305 e. The first kappa shape index (κ1) is 23.6. The summed E-state index contributed by atoms with van der Waals surface area (Å²) in [6.45, 7) is 1.71. The lowest BCUT2D eigenvalue weighted by molar-refractivity contribution is -0.140. The van der Waals surface area contributed by atoms with E-state index < -0.39 is 5.82 Å². The minimum atomic E-state index is -0.442. The molecule has 0 aromatic heterocycles. The smallest absolute Gasteiger partial charge is 0.305 e. The standard InChI is InChI=1S/C23H30FNO5/c1-15-11-21(27)19(9-4-3-5-10-22(28)29-2)23(15)20(25)13-17(26)14-30-18-8-6-7-16(24)12-18/h6-8,12-13,15,19,23H,3-5,9-11,14,25H2,1-2H3/b20-13-/t15-,19+,23+/m1/s1. The number of hydrogen-bond donors (Lipinski definition) is 1. The summed E-state index contributed by atoms with van der Waals surface area (Å²) in [6.07, 6.45) is 5.18. The summed E-state index contributed by atoms with van der Waals surface area (Å²) in [7, 11) is 1.37. The summed E-state index contributed by atoms with van der Waals surface area (Å²) in [5, 5.41) is 0. The fourth-order valence-corrected chi connectivity index (χ4v) is 4.04. The molecule has 1 fully saturated rings. The third-order valence-electron chi connectivity index (χ3n) is 5.50. The molecule has 0 radical (unpaired) electrons. The number of Topliss-reactive ketones (excluding diaryl/α,β-unsaturated/α-hetero) is 1. The van der Waals surface area contributed by atoms with Gasteiger partial charge in [0.2, 0.25) is 0 Å². The van der Waals surface area contributed by atoms with Gasteiger partial charge in [0.1, 0.15) is 17.3 Å². The van der Waals surface area contributed by atoms with E-state index >= 15 is 0 Å². The zero-order valence-corrected chi connectivity index (χ0v) is 17.6. The molecule has 3 atom stereocenters. The number of halogens is 1. The maximum absolute atomic E-state index is 13.2. The largest absolute Gasteiger partial charge is 0.485 e. The number of allylic oxidation sites excluding steroid dienone is 1. The van der Waals surface area contributed by atoms with Crippen molar-refractivity contribution in [2.24, 2.45) is 23.5 Å².